The van der Waals surface area contributed by atoms with Crippen molar-refractivity contribution in [1.82, 2.24) is 0 Å². The van der Waals surface area contributed by atoms with Crippen LogP contribution in [0.3, 0.4) is 0 Å². The number of anilines is 1. The lowest BCUT2D eigenvalue weighted by atomic mass is 9.77. The summed E-state index contributed by atoms with van der Waals surface area (Å²) in [6, 6.07) is 15.4. The highest BCUT2D eigenvalue weighted by Crippen LogP contribution is 2.49. The second-order valence-electron chi connectivity index (χ2n) is 6.23. The van der Waals surface area contributed by atoms with Crippen LogP contribution in [0.2, 0.25) is 0 Å². The fraction of sp³-hybridized carbons (Fsp3) is 0.316. The van der Waals surface area contributed by atoms with Crippen molar-refractivity contribution in [3.05, 3.63) is 59.2 Å². The Bertz CT molecular complexity index is 781. The van der Waals surface area contributed by atoms with Gasteiger partial charge in [-0.2, -0.15) is 5.26 Å². The van der Waals surface area contributed by atoms with Gasteiger partial charge >= 0.3 is 0 Å². The highest BCUT2D eigenvalue weighted by Gasteiger charge is 2.39. The zero-order valence-corrected chi connectivity index (χ0v) is 12.7. The van der Waals surface area contributed by atoms with Gasteiger partial charge in [-0.3, -0.25) is 0 Å². The molecule has 3 atom stereocenters. The molecule has 23 heavy (non-hydrogen) atoms. The number of hydrogen-bond acceptors (Lipinski definition) is 4. The third kappa shape index (κ3) is 2.43. The molecule has 0 aliphatic carbocycles. The normalized spacial score (nSPS) is 25.6. The second-order valence-corrected chi connectivity index (χ2v) is 6.23. The van der Waals surface area contributed by atoms with Crippen molar-refractivity contribution in [2.24, 2.45) is 5.92 Å². The molecule has 2 heterocycles. The number of aromatic hydroxyl groups is 1. The van der Waals surface area contributed by atoms with Gasteiger partial charge in [-0.05, 0) is 48.7 Å². The summed E-state index contributed by atoms with van der Waals surface area (Å²) in [7, 11) is 0. The number of phenols is 1. The van der Waals surface area contributed by atoms with Gasteiger partial charge < -0.3 is 15.2 Å². The van der Waals surface area contributed by atoms with Crippen LogP contribution in [0, 0.1) is 17.2 Å². The van der Waals surface area contributed by atoms with Crippen LogP contribution in [0.15, 0.2) is 42.5 Å². The molecule has 4 heteroatoms. The van der Waals surface area contributed by atoms with Crippen LogP contribution in [-0.4, -0.2) is 11.7 Å². The van der Waals surface area contributed by atoms with E-state index in [2.05, 4.69) is 11.4 Å². The number of rotatable bonds is 1. The Morgan fingerprint density at radius 1 is 1.22 bits per heavy atom. The van der Waals surface area contributed by atoms with Gasteiger partial charge in [-0.1, -0.05) is 12.1 Å². The molecule has 2 aliphatic rings. The maximum absolute atomic E-state index is 9.81. The Kier molecular flexibility index (Phi) is 3.44. The standard InChI is InChI=1S/C19H18N2O2/c20-11-12-6-7-17-16(9-12)19-15(5-2-8-23-19)18(21-17)13-3-1-4-14(22)10-13/h1,3-4,6-7,9-10,15,18-19,21-22H,2,5,8H2/t15-,18-,19+/m0/s1. The summed E-state index contributed by atoms with van der Waals surface area (Å²) < 4.78 is 6.08. The number of hydrogen-bond donors (Lipinski definition) is 2. The van der Waals surface area contributed by atoms with Crippen molar-refractivity contribution in [3.8, 4) is 11.8 Å². The van der Waals surface area contributed by atoms with Crippen LogP contribution in [0.1, 0.15) is 41.7 Å². The summed E-state index contributed by atoms with van der Waals surface area (Å²) in [5.74, 6) is 0.579. The van der Waals surface area contributed by atoms with Crippen molar-refractivity contribution in [2.75, 3.05) is 11.9 Å². The summed E-state index contributed by atoms with van der Waals surface area (Å²) in [6.45, 7) is 0.754. The first-order chi connectivity index (χ1) is 11.3. The Morgan fingerprint density at radius 3 is 2.96 bits per heavy atom. The Morgan fingerprint density at radius 2 is 2.13 bits per heavy atom. The van der Waals surface area contributed by atoms with Crippen molar-refractivity contribution in [3.63, 3.8) is 0 Å². The average molecular weight is 306 g/mol. The summed E-state index contributed by atoms with van der Waals surface area (Å²) in [5.41, 5.74) is 3.82. The van der Waals surface area contributed by atoms with E-state index in [4.69, 9.17) is 10.00 Å². The highest BCUT2D eigenvalue weighted by molar-refractivity contribution is 5.59. The van der Waals surface area contributed by atoms with Crippen LogP contribution in [-0.2, 0) is 4.74 Å². The average Bonchev–Trinajstić information content (AvgIpc) is 2.60. The van der Waals surface area contributed by atoms with E-state index in [0.717, 1.165) is 36.3 Å². The molecule has 2 aromatic rings. The smallest absolute Gasteiger partial charge is 0.115 e. The highest BCUT2D eigenvalue weighted by atomic mass is 16.5. The molecular formula is C19H18N2O2. The molecule has 2 aromatic carbocycles. The summed E-state index contributed by atoms with van der Waals surface area (Å²) in [6.07, 6.45) is 2.10. The molecule has 0 amide bonds. The van der Waals surface area contributed by atoms with E-state index in [-0.39, 0.29) is 17.9 Å². The molecule has 0 radical (unpaired) electrons. The van der Waals surface area contributed by atoms with Gasteiger partial charge in [0.15, 0.2) is 0 Å². The van der Waals surface area contributed by atoms with E-state index in [1.54, 1.807) is 6.07 Å². The predicted octanol–water partition coefficient (Wildman–Crippen LogP) is 3.90. The van der Waals surface area contributed by atoms with E-state index in [0.29, 0.717) is 11.5 Å². The van der Waals surface area contributed by atoms with Gasteiger partial charge in [0.05, 0.1) is 23.8 Å². The monoisotopic (exact) mass is 306 g/mol. The molecule has 0 unspecified atom stereocenters. The van der Waals surface area contributed by atoms with Gasteiger partial charge in [-0.15, -0.1) is 0 Å². The molecule has 0 bridgehead atoms. The molecule has 4 nitrogen and oxygen atoms in total. The number of nitrogens with zero attached hydrogens (tertiary/aromatic N) is 1. The maximum atomic E-state index is 9.81. The lowest BCUT2D eigenvalue weighted by Crippen LogP contribution is -2.36. The fourth-order valence-electron chi connectivity index (χ4n) is 3.79. The minimum atomic E-state index is 0.000601. The second kappa shape index (κ2) is 5.60. The van der Waals surface area contributed by atoms with Gasteiger partial charge in [-0.25, -0.2) is 0 Å². The number of benzene rings is 2. The number of nitriles is 1. The quantitative estimate of drug-likeness (QED) is 0.838. The minimum Gasteiger partial charge on any atom is -0.508 e. The molecular weight excluding hydrogens is 288 g/mol. The summed E-state index contributed by atoms with van der Waals surface area (Å²) in [4.78, 5) is 0. The van der Waals surface area contributed by atoms with Gasteiger partial charge in [0.1, 0.15) is 5.75 Å². The van der Waals surface area contributed by atoms with Gasteiger partial charge in [0.2, 0.25) is 0 Å². The third-order valence-corrected chi connectivity index (χ3v) is 4.82. The molecule has 0 spiro atoms. The number of fused-ring (bicyclic) bond motifs is 3. The molecule has 0 aromatic heterocycles. The topological polar surface area (TPSA) is 65.3 Å². The molecule has 2 aliphatic heterocycles. The largest absolute Gasteiger partial charge is 0.508 e. The van der Waals surface area contributed by atoms with Gasteiger partial charge in [0, 0.05) is 23.8 Å². The first-order valence-electron chi connectivity index (χ1n) is 7.97. The Balaban J connectivity index is 1.79. The number of nitrogens with one attached hydrogen (secondary N) is 1. The first-order valence-corrected chi connectivity index (χ1v) is 7.97. The maximum Gasteiger partial charge on any atom is 0.115 e. The van der Waals surface area contributed by atoms with Crippen LogP contribution in [0.5, 0.6) is 5.75 Å². The Labute approximate surface area is 135 Å². The molecule has 4 rings (SSSR count). The van der Waals surface area contributed by atoms with Crippen LogP contribution in [0.4, 0.5) is 5.69 Å². The predicted molar refractivity (Wildman–Crippen MR) is 87.0 cm³/mol. The lowest BCUT2D eigenvalue weighted by Gasteiger charge is -2.43. The zero-order chi connectivity index (χ0) is 15.8. The van der Waals surface area contributed by atoms with E-state index in [1.165, 1.54) is 0 Å². The molecule has 116 valence electrons. The Hall–Kier alpha value is -2.51. The van der Waals surface area contributed by atoms with Crippen LogP contribution in [0.25, 0.3) is 0 Å². The van der Waals surface area contributed by atoms with Crippen molar-refractivity contribution in [2.45, 2.75) is 25.0 Å². The summed E-state index contributed by atoms with van der Waals surface area (Å²) >= 11 is 0. The molecule has 0 saturated carbocycles. The molecule has 2 N–H and O–H groups in total. The van der Waals surface area contributed by atoms with Crippen molar-refractivity contribution in [1.29, 1.82) is 5.26 Å². The SMILES string of the molecule is N#Cc1ccc2c(c1)[C@@H]1OCCC[C@H]1[C@H](c1cccc(O)c1)N2. The van der Waals surface area contributed by atoms with Crippen LogP contribution < -0.4 is 5.32 Å². The van der Waals surface area contributed by atoms with E-state index in [1.807, 2.05) is 36.4 Å². The van der Waals surface area contributed by atoms with Crippen molar-refractivity contribution < 1.29 is 9.84 Å². The molecule has 1 saturated heterocycles. The number of phenolic OH excluding ortho intramolecular Hbond substituents is 1. The van der Waals surface area contributed by atoms with Crippen molar-refractivity contribution >= 4 is 5.69 Å². The fourth-order valence-corrected chi connectivity index (χ4v) is 3.79. The van der Waals surface area contributed by atoms with E-state index in [9.17, 15) is 5.11 Å². The van der Waals surface area contributed by atoms with E-state index >= 15 is 0 Å². The first kappa shape index (κ1) is 14.1. The minimum absolute atomic E-state index is 0.000601. The number of ether oxygens (including phenoxy) is 1. The lowest BCUT2D eigenvalue weighted by molar-refractivity contribution is -0.0381. The van der Waals surface area contributed by atoms with Crippen LogP contribution >= 0.6 is 0 Å². The molecule has 1 fully saturated rings. The zero-order valence-electron chi connectivity index (χ0n) is 12.7. The third-order valence-electron chi connectivity index (χ3n) is 4.82. The summed E-state index contributed by atoms with van der Waals surface area (Å²) in [5, 5.41) is 22.6. The van der Waals surface area contributed by atoms with E-state index < -0.39 is 0 Å². The van der Waals surface area contributed by atoms with Gasteiger partial charge in [0.25, 0.3) is 0 Å².